The van der Waals surface area contributed by atoms with Gasteiger partial charge in [-0.05, 0) is 51.8 Å². The molecule has 0 saturated heterocycles. The number of hydrogen-bond acceptors (Lipinski definition) is 5. The van der Waals surface area contributed by atoms with Crippen LogP contribution >= 0.6 is 0 Å². The second kappa shape index (κ2) is 9.14. The highest BCUT2D eigenvalue weighted by molar-refractivity contribution is 7.89. The zero-order valence-electron chi connectivity index (χ0n) is 18.4. The van der Waals surface area contributed by atoms with Gasteiger partial charge in [-0.15, -0.1) is 0 Å². The standard InChI is InChI=1S/C22H30N2O5S/c1-7-17-12-13-24(30(27,28)18-10-8-15(2)9-11-18)21(17)19(23-16(3)25)14-20(26)29-22(4,5)6/h8-12,14,21H,7,13H2,1-6H3,(H,23,25)/b19-14-. The van der Waals surface area contributed by atoms with Crippen molar-refractivity contribution in [2.75, 3.05) is 6.54 Å². The van der Waals surface area contributed by atoms with E-state index in [-0.39, 0.29) is 17.1 Å². The van der Waals surface area contributed by atoms with Gasteiger partial charge in [0.25, 0.3) is 0 Å². The van der Waals surface area contributed by atoms with E-state index >= 15 is 0 Å². The number of carbonyl (C=O) groups is 2. The summed E-state index contributed by atoms with van der Waals surface area (Å²) in [5.74, 6) is -1.05. The van der Waals surface area contributed by atoms with E-state index in [1.165, 1.54) is 17.3 Å². The number of hydrogen-bond donors (Lipinski definition) is 1. The molecular formula is C22H30N2O5S. The number of esters is 1. The molecule has 1 atom stereocenters. The molecular weight excluding hydrogens is 404 g/mol. The molecule has 1 aliphatic heterocycles. The van der Waals surface area contributed by atoms with E-state index in [2.05, 4.69) is 5.32 Å². The molecule has 8 heteroatoms. The molecule has 1 heterocycles. The van der Waals surface area contributed by atoms with E-state index in [1.807, 2.05) is 19.9 Å². The van der Waals surface area contributed by atoms with Crippen molar-refractivity contribution < 1.29 is 22.7 Å². The van der Waals surface area contributed by atoms with Crippen molar-refractivity contribution in [2.45, 2.75) is 64.5 Å². The Morgan fingerprint density at radius 2 is 1.83 bits per heavy atom. The third-order valence-electron chi connectivity index (χ3n) is 4.50. The van der Waals surface area contributed by atoms with E-state index in [1.54, 1.807) is 45.0 Å². The van der Waals surface area contributed by atoms with E-state index in [0.29, 0.717) is 6.42 Å². The lowest BCUT2D eigenvalue weighted by atomic mass is 10.0. The van der Waals surface area contributed by atoms with E-state index < -0.39 is 33.5 Å². The van der Waals surface area contributed by atoms with Gasteiger partial charge in [-0.3, -0.25) is 4.79 Å². The summed E-state index contributed by atoms with van der Waals surface area (Å²) in [6.07, 6.45) is 3.56. The van der Waals surface area contributed by atoms with Gasteiger partial charge in [-0.1, -0.05) is 30.7 Å². The van der Waals surface area contributed by atoms with Gasteiger partial charge >= 0.3 is 5.97 Å². The molecule has 164 valence electrons. The average molecular weight is 435 g/mol. The average Bonchev–Trinajstić information content (AvgIpc) is 3.04. The van der Waals surface area contributed by atoms with Crippen molar-refractivity contribution in [1.82, 2.24) is 9.62 Å². The van der Waals surface area contributed by atoms with Crippen LogP contribution in [0.15, 0.2) is 52.6 Å². The number of amides is 1. The molecule has 7 nitrogen and oxygen atoms in total. The fraction of sp³-hybridized carbons (Fsp3) is 0.455. The highest BCUT2D eigenvalue weighted by atomic mass is 32.2. The van der Waals surface area contributed by atoms with Crippen molar-refractivity contribution >= 4 is 21.9 Å². The molecule has 0 bridgehead atoms. The van der Waals surface area contributed by atoms with E-state index in [4.69, 9.17) is 4.74 Å². The lowest BCUT2D eigenvalue weighted by molar-refractivity contribution is -0.148. The summed E-state index contributed by atoms with van der Waals surface area (Å²) >= 11 is 0. The van der Waals surface area contributed by atoms with Crippen LogP contribution in [0.2, 0.25) is 0 Å². The highest BCUT2D eigenvalue weighted by Gasteiger charge is 2.39. The first-order valence-electron chi connectivity index (χ1n) is 9.84. The Morgan fingerprint density at radius 3 is 2.33 bits per heavy atom. The molecule has 1 N–H and O–H groups in total. The molecule has 30 heavy (non-hydrogen) atoms. The molecule has 0 aromatic heterocycles. The van der Waals surface area contributed by atoms with Crippen molar-refractivity contribution in [3.63, 3.8) is 0 Å². The van der Waals surface area contributed by atoms with Gasteiger partial charge in [0, 0.05) is 25.2 Å². The van der Waals surface area contributed by atoms with Gasteiger partial charge in [0.1, 0.15) is 5.60 Å². The molecule has 2 rings (SSSR count). The van der Waals surface area contributed by atoms with Gasteiger partial charge in [0.05, 0.1) is 10.9 Å². The monoisotopic (exact) mass is 434 g/mol. The van der Waals surface area contributed by atoms with Crippen LogP contribution in [0.4, 0.5) is 0 Å². The predicted octanol–water partition coefficient (Wildman–Crippen LogP) is 3.07. The van der Waals surface area contributed by atoms with Crippen molar-refractivity contribution in [1.29, 1.82) is 0 Å². The van der Waals surface area contributed by atoms with Crippen LogP contribution in [-0.4, -0.2) is 42.8 Å². The zero-order valence-corrected chi connectivity index (χ0v) is 19.2. The minimum atomic E-state index is -3.86. The highest BCUT2D eigenvalue weighted by Crippen LogP contribution is 2.32. The predicted molar refractivity (Wildman–Crippen MR) is 115 cm³/mol. The van der Waals surface area contributed by atoms with Crippen LogP contribution in [0.1, 0.15) is 46.6 Å². The Bertz CT molecular complexity index is 970. The molecule has 1 aliphatic rings. The Balaban J connectivity index is 2.51. The first kappa shape index (κ1) is 23.8. The number of benzene rings is 1. The van der Waals surface area contributed by atoms with E-state index in [9.17, 15) is 18.0 Å². The molecule has 1 amide bonds. The lowest BCUT2D eigenvalue weighted by Crippen LogP contribution is -2.43. The summed E-state index contributed by atoms with van der Waals surface area (Å²) in [7, 11) is -3.86. The zero-order chi connectivity index (χ0) is 22.7. The molecule has 1 unspecified atom stereocenters. The number of nitrogens with zero attached hydrogens (tertiary/aromatic N) is 1. The van der Waals surface area contributed by atoms with Crippen LogP contribution in [0, 0.1) is 6.92 Å². The largest absolute Gasteiger partial charge is 0.457 e. The van der Waals surface area contributed by atoms with Crippen LogP contribution in [0.3, 0.4) is 0 Å². The number of rotatable bonds is 6. The smallest absolute Gasteiger partial charge is 0.333 e. The molecule has 0 fully saturated rings. The van der Waals surface area contributed by atoms with Gasteiger partial charge < -0.3 is 10.1 Å². The number of ether oxygens (including phenoxy) is 1. The summed E-state index contributed by atoms with van der Waals surface area (Å²) in [5.41, 5.74) is 1.21. The second-order valence-electron chi connectivity index (χ2n) is 8.24. The van der Waals surface area contributed by atoms with Crippen LogP contribution in [-0.2, 0) is 24.3 Å². The minimum Gasteiger partial charge on any atom is -0.457 e. The molecule has 0 radical (unpaired) electrons. The SMILES string of the molecule is CCC1=CCN(S(=O)(=O)c2ccc(C)cc2)C1/C(=C/C(=O)OC(C)(C)C)NC(C)=O. The van der Waals surface area contributed by atoms with Crippen molar-refractivity contribution in [3.05, 3.63) is 53.3 Å². The van der Waals surface area contributed by atoms with E-state index in [0.717, 1.165) is 11.1 Å². The second-order valence-corrected chi connectivity index (χ2v) is 10.1. The summed E-state index contributed by atoms with van der Waals surface area (Å²) < 4.78 is 33.4. The number of aryl methyl sites for hydroxylation is 1. The Hall–Kier alpha value is -2.45. The summed E-state index contributed by atoms with van der Waals surface area (Å²) in [5, 5.41) is 2.64. The topological polar surface area (TPSA) is 92.8 Å². The Kier molecular flexibility index (Phi) is 7.26. The molecule has 0 spiro atoms. The Labute approximate surface area is 178 Å². The van der Waals surface area contributed by atoms with Crippen LogP contribution < -0.4 is 5.32 Å². The van der Waals surface area contributed by atoms with Gasteiger partial charge in [0.2, 0.25) is 15.9 Å². The van der Waals surface area contributed by atoms with Gasteiger partial charge in [-0.2, -0.15) is 4.31 Å². The quantitative estimate of drug-likeness (QED) is 0.422. The van der Waals surface area contributed by atoms with Crippen molar-refractivity contribution in [2.24, 2.45) is 0 Å². The summed E-state index contributed by atoms with van der Waals surface area (Å²) in [6, 6.07) is 5.79. The normalized spacial score (nSPS) is 18.1. The fourth-order valence-electron chi connectivity index (χ4n) is 3.23. The van der Waals surface area contributed by atoms with Crippen LogP contribution in [0.25, 0.3) is 0 Å². The minimum absolute atomic E-state index is 0.148. The first-order valence-corrected chi connectivity index (χ1v) is 11.3. The maximum absolute atomic E-state index is 13.4. The molecule has 0 saturated carbocycles. The van der Waals surface area contributed by atoms with Gasteiger partial charge in [-0.25, -0.2) is 13.2 Å². The third-order valence-corrected chi connectivity index (χ3v) is 6.35. The maximum atomic E-state index is 13.4. The fourth-order valence-corrected chi connectivity index (χ4v) is 4.78. The van der Waals surface area contributed by atoms with Crippen molar-refractivity contribution in [3.8, 4) is 0 Å². The third kappa shape index (κ3) is 5.79. The number of nitrogens with one attached hydrogen (secondary N) is 1. The van der Waals surface area contributed by atoms with Gasteiger partial charge in [0.15, 0.2) is 0 Å². The maximum Gasteiger partial charge on any atom is 0.333 e. The number of carbonyl (C=O) groups excluding carboxylic acids is 2. The lowest BCUT2D eigenvalue weighted by Gasteiger charge is -2.29. The molecule has 1 aromatic rings. The Morgan fingerprint density at radius 1 is 1.23 bits per heavy atom. The number of sulfonamides is 1. The molecule has 1 aromatic carbocycles. The summed E-state index contributed by atoms with van der Waals surface area (Å²) in [4.78, 5) is 24.4. The summed E-state index contributed by atoms with van der Waals surface area (Å²) in [6.45, 7) is 10.4. The first-order chi connectivity index (χ1) is 13.8. The van der Waals surface area contributed by atoms with Crippen LogP contribution in [0.5, 0.6) is 0 Å². The molecule has 0 aliphatic carbocycles.